The van der Waals surface area contributed by atoms with Crippen LogP contribution in [0.25, 0.3) is 5.82 Å². The predicted molar refractivity (Wildman–Crippen MR) is 82.6 cm³/mol. The molecule has 2 aromatic rings. The molecule has 0 radical (unpaired) electrons. The summed E-state index contributed by atoms with van der Waals surface area (Å²) in [5, 5.41) is 4.79. The number of aliphatic imine (C=N–C) groups is 1. The fraction of sp³-hybridized carbons (Fsp3) is 0.357. The van der Waals surface area contributed by atoms with Crippen LogP contribution < -0.4 is 5.73 Å². The van der Waals surface area contributed by atoms with E-state index in [2.05, 4.69) is 20.0 Å². The van der Waals surface area contributed by atoms with E-state index in [4.69, 9.17) is 17.3 Å². The molecule has 0 aromatic carbocycles. The van der Waals surface area contributed by atoms with E-state index in [1.54, 1.807) is 17.1 Å². The average molecular weight is 305 g/mol. The lowest BCUT2D eigenvalue weighted by atomic mass is 10.2. The van der Waals surface area contributed by atoms with Crippen molar-refractivity contribution in [2.45, 2.75) is 19.9 Å². The molecule has 1 fully saturated rings. The number of likely N-dealkylation sites (tertiary alicyclic amines) is 1. The van der Waals surface area contributed by atoms with E-state index in [9.17, 15) is 0 Å². The van der Waals surface area contributed by atoms with Gasteiger partial charge >= 0.3 is 0 Å². The number of hydrogen-bond acceptors (Lipinski definition) is 3. The summed E-state index contributed by atoms with van der Waals surface area (Å²) in [7, 11) is 0. The first-order valence-electron chi connectivity index (χ1n) is 6.85. The Hall–Kier alpha value is -2.08. The molecular weight excluding hydrogens is 288 g/mol. The molecule has 2 N–H and O–H groups in total. The molecule has 3 heterocycles. The Kier molecular flexibility index (Phi) is 3.79. The van der Waals surface area contributed by atoms with Crippen LogP contribution in [-0.2, 0) is 6.54 Å². The zero-order valence-corrected chi connectivity index (χ0v) is 12.6. The smallest absolute Gasteiger partial charge is 0.191 e. The zero-order valence-electron chi connectivity index (χ0n) is 11.8. The van der Waals surface area contributed by atoms with Crippen molar-refractivity contribution in [3.63, 3.8) is 0 Å². The van der Waals surface area contributed by atoms with E-state index in [1.807, 2.05) is 19.1 Å². The first-order valence-corrected chi connectivity index (χ1v) is 7.23. The first-order chi connectivity index (χ1) is 10.1. The van der Waals surface area contributed by atoms with Crippen molar-refractivity contribution >= 4 is 17.6 Å². The molecule has 0 bridgehead atoms. The standard InChI is InChI=1S/C14H17ClN6/c1-10-3-4-11(7-17-14(16)20-5-2-6-20)13(19-10)21-9-12(15)8-18-21/h3-4,8-9H,2,5-7H2,1H3,(H2,16,17). The number of aryl methyl sites for hydroxylation is 1. The third-order valence-corrected chi connectivity index (χ3v) is 3.65. The Morgan fingerprint density at radius 2 is 2.24 bits per heavy atom. The van der Waals surface area contributed by atoms with Crippen LogP contribution in [0.15, 0.2) is 29.5 Å². The van der Waals surface area contributed by atoms with E-state index in [-0.39, 0.29) is 0 Å². The number of rotatable bonds is 3. The Morgan fingerprint density at radius 1 is 1.43 bits per heavy atom. The summed E-state index contributed by atoms with van der Waals surface area (Å²) in [6.45, 7) is 4.39. The molecule has 0 atom stereocenters. The Bertz CT molecular complexity index is 674. The lowest BCUT2D eigenvalue weighted by molar-refractivity contribution is 0.295. The molecule has 0 aliphatic carbocycles. The number of hydrogen-bond donors (Lipinski definition) is 1. The summed E-state index contributed by atoms with van der Waals surface area (Å²) >= 11 is 5.93. The van der Waals surface area contributed by atoms with Crippen molar-refractivity contribution in [2.75, 3.05) is 13.1 Å². The zero-order chi connectivity index (χ0) is 14.8. The highest BCUT2D eigenvalue weighted by Crippen LogP contribution is 2.16. The summed E-state index contributed by atoms with van der Waals surface area (Å²) < 4.78 is 1.67. The van der Waals surface area contributed by atoms with Crippen LogP contribution in [-0.4, -0.2) is 38.7 Å². The second-order valence-electron chi connectivity index (χ2n) is 5.05. The van der Waals surface area contributed by atoms with E-state index in [0.29, 0.717) is 17.5 Å². The number of nitrogens with two attached hydrogens (primary N) is 1. The molecule has 3 rings (SSSR count). The van der Waals surface area contributed by atoms with Gasteiger partial charge in [-0.2, -0.15) is 5.10 Å². The number of nitrogens with zero attached hydrogens (tertiary/aromatic N) is 5. The van der Waals surface area contributed by atoms with E-state index in [0.717, 1.165) is 30.2 Å². The molecule has 0 spiro atoms. The highest BCUT2D eigenvalue weighted by atomic mass is 35.5. The largest absolute Gasteiger partial charge is 0.370 e. The summed E-state index contributed by atoms with van der Waals surface area (Å²) in [4.78, 5) is 11.0. The maximum atomic E-state index is 5.96. The van der Waals surface area contributed by atoms with Gasteiger partial charge in [0.1, 0.15) is 0 Å². The minimum absolute atomic E-state index is 0.475. The minimum atomic E-state index is 0.475. The Morgan fingerprint density at radius 3 is 2.86 bits per heavy atom. The molecule has 6 nitrogen and oxygen atoms in total. The van der Waals surface area contributed by atoms with Crippen LogP contribution in [0, 0.1) is 6.92 Å². The van der Waals surface area contributed by atoms with Gasteiger partial charge in [0.15, 0.2) is 11.8 Å². The summed E-state index contributed by atoms with van der Waals surface area (Å²) in [5.41, 5.74) is 7.84. The molecular formula is C14H17ClN6. The van der Waals surface area contributed by atoms with Gasteiger partial charge in [0.2, 0.25) is 0 Å². The van der Waals surface area contributed by atoms with Gasteiger partial charge in [0.05, 0.1) is 24.0 Å². The van der Waals surface area contributed by atoms with E-state index < -0.39 is 0 Å². The van der Waals surface area contributed by atoms with Crippen LogP contribution in [0.1, 0.15) is 17.7 Å². The van der Waals surface area contributed by atoms with E-state index in [1.165, 1.54) is 6.42 Å². The van der Waals surface area contributed by atoms with Gasteiger partial charge in [0, 0.05) is 24.3 Å². The van der Waals surface area contributed by atoms with Gasteiger partial charge in [-0.15, -0.1) is 0 Å². The molecule has 1 saturated heterocycles. The van der Waals surface area contributed by atoms with Crippen LogP contribution in [0.3, 0.4) is 0 Å². The van der Waals surface area contributed by atoms with Crippen molar-refractivity contribution < 1.29 is 0 Å². The number of aromatic nitrogens is 3. The molecule has 110 valence electrons. The molecule has 7 heteroatoms. The summed E-state index contributed by atoms with van der Waals surface area (Å²) in [6.07, 6.45) is 4.50. The van der Waals surface area contributed by atoms with E-state index >= 15 is 0 Å². The average Bonchev–Trinajstić information content (AvgIpc) is 2.82. The predicted octanol–water partition coefficient (Wildman–Crippen LogP) is 1.75. The molecule has 2 aromatic heterocycles. The Labute approximate surface area is 128 Å². The summed E-state index contributed by atoms with van der Waals surface area (Å²) in [5.74, 6) is 1.33. The maximum absolute atomic E-state index is 5.96. The first kappa shape index (κ1) is 13.9. The number of pyridine rings is 1. The van der Waals surface area contributed by atoms with Crippen molar-refractivity contribution in [2.24, 2.45) is 10.7 Å². The maximum Gasteiger partial charge on any atom is 0.191 e. The van der Waals surface area contributed by atoms with Gasteiger partial charge < -0.3 is 10.6 Å². The third kappa shape index (κ3) is 3.00. The van der Waals surface area contributed by atoms with Gasteiger partial charge in [0.25, 0.3) is 0 Å². The van der Waals surface area contributed by atoms with Crippen molar-refractivity contribution in [1.82, 2.24) is 19.7 Å². The topological polar surface area (TPSA) is 72.3 Å². The lowest BCUT2D eigenvalue weighted by Gasteiger charge is -2.31. The highest BCUT2D eigenvalue weighted by Gasteiger charge is 2.16. The normalized spacial score (nSPS) is 15.1. The number of guanidine groups is 1. The fourth-order valence-corrected chi connectivity index (χ4v) is 2.26. The molecule has 0 saturated carbocycles. The molecule has 21 heavy (non-hydrogen) atoms. The fourth-order valence-electron chi connectivity index (χ4n) is 2.12. The Balaban J connectivity index is 1.87. The lowest BCUT2D eigenvalue weighted by Crippen LogP contribution is -2.46. The second kappa shape index (κ2) is 5.73. The molecule has 0 unspecified atom stereocenters. The highest BCUT2D eigenvalue weighted by molar-refractivity contribution is 6.30. The number of halogens is 1. The third-order valence-electron chi connectivity index (χ3n) is 3.45. The van der Waals surface area contributed by atoms with Crippen molar-refractivity contribution in [1.29, 1.82) is 0 Å². The monoisotopic (exact) mass is 304 g/mol. The van der Waals surface area contributed by atoms with Gasteiger partial charge in [-0.25, -0.2) is 14.7 Å². The van der Waals surface area contributed by atoms with Gasteiger partial charge in [-0.05, 0) is 19.4 Å². The minimum Gasteiger partial charge on any atom is -0.370 e. The van der Waals surface area contributed by atoms with Crippen LogP contribution in [0.4, 0.5) is 0 Å². The molecule has 1 aliphatic rings. The van der Waals surface area contributed by atoms with Gasteiger partial charge in [-0.3, -0.25) is 0 Å². The van der Waals surface area contributed by atoms with Crippen LogP contribution >= 0.6 is 11.6 Å². The molecule has 1 aliphatic heterocycles. The van der Waals surface area contributed by atoms with Crippen LogP contribution in [0.5, 0.6) is 0 Å². The quantitative estimate of drug-likeness (QED) is 0.692. The van der Waals surface area contributed by atoms with Crippen molar-refractivity contribution in [3.8, 4) is 5.82 Å². The summed E-state index contributed by atoms with van der Waals surface area (Å²) in [6, 6.07) is 3.96. The SMILES string of the molecule is Cc1ccc(CN=C(N)N2CCC2)c(-n2cc(Cl)cn2)n1. The van der Waals surface area contributed by atoms with Crippen LogP contribution in [0.2, 0.25) is 5.02 Å². The second-order valence-corrected chi connectivity index (χ2v) is 5.49. The van der Waals surface area contributed by atoms with Crippen molar-refractivity contribution in [3.05, 3.63) is 40.8 Å². The van der Waals surface area contributed by atoms with Gasteiger partial charge in [-0.1, -0.05) is 17.7 Å². The molecule has 0 amide bonds.